The van der Waals surface area contributed by atoms with E-state index in [1.54, 1.807) is 17.0 Å². The second-order valence-corrected chi connectivity index (χ2v) is 7.65. The molecule has 0 unspecified atom stereocenters. The molecule has 4 rings (SSSR count). The summed E-state index contributed by atoms with van der Waals surface area (Å²) in [6.07, 6.45) is -4.03. The maximum absolute atomic E-state index is 13.5. The fourth-order valence-corrected chi connectivity index (χ4v) is 3.59. The van der Waals surface area contributed by atoms with Gasteiger partial charge in [0.1, 0.15) is 11.6 Å². The molecule has 34 heavy (non-hydrogen) atoms. The zero-order chi connectivity index (χ0) is 24.1. The molecular formula is C24H22F3N5O2. The molecule has 176 valence electrons. The molecule has 10 heteroatoms. The maximum atomic E-state index is 13.5. The van der Waals surface area contributed by atoms with Crippen LogP contribution < -0.4 is 15.4 Å². The Bertz CT molecular complexity index is 1190. The van der Waals surface area contributed by atoms with Gasteiger partial charge in [-0.25, -0.2) is 4.98 Å². The van der Waals surface area contributed by atoms with Crippen molar-refractivity contribution in [2.45, 2.75) is 12.6 Å². The number of alkyl halides is 3. The number of hydrogen-bond donors (Lipinski definition) is 1. The number of anilines is 1. The zero-order valence-corrected chi connectivity index (χ0v) is 18.2. The van der Waals surface area contributed by atoms with Crippen molar-refractivity contribution in [3.8, 4) is 28.8 Å². The Morgan fingerprint density at radius 2 is 1.79 bits per heavy atom. The molecule has 2 heterocycles. The molecule has 1 saturated heterocycles. The molecule has 0 aliphatic carbocycles. The lowest BCUT2D eigenvalue weighted by atomic mass is 10.0. The van der Waals surface area contributed by atoms with Crippen LogP contribution in [0.4, 0.5) is 19.0 Å². The summed E-state index contributed by atoms with van der Waals surface area (Å²) in [6, 6.07) is 15.8. The second-order valence-electron chi connectivity index (χ2n) is 7.65. The van der Waals surface area contributed by atoms with Crippen LogP contribution in [0.15, 0.2) is 48.5 Å². The van der Waals surface area contributed by atoms with E-state index in [1.807, 2.05) is 30.3 Å². The summed E-state index contributed by atoms with van der Waals surface area (Å²) in [6.45, 7) is 2.09. The number of aromatic nitrogens is 2. The van der Waals surface area contributed by atoms with Crippen LogP contribution in [0.2, 0.25) is 0 Å². The Labute approximate surface area is 194 Å². The van der Waals surface area contributed by atoms with Gasteiger partial charge in [-0.05, 0) is 42.3 Å². The van der Waals surface area contributed by atoms with E-state index in [9.17, 15) is 18.4 Å². The third kappa shape index (κ3) is 5.44. The average Bonchev–Trinajstić information content (AvgIpc) is 2.84. The quantitative estimate of drug-likeness (QED) is 0.579. The fourth-order valence-electron chi connectivity index (χ4n) is 3.59. The van der Waals surface area contributed by atoms with E-state index < -0.39 is 12.0 Å². The Hall–Kier alpha value is -3.68. The SMILES string of the molecule is N#Cc1ccc(-c2ccc(CCN)cc2)c(Oc2cc(N3CCOCC3)nc(C(F)(F)F)n2)c1. The number of nitrogens with two attached hydrogens (primary N) is 1. The molecule has 0 saturated carbocycles. The van der Waals surface area contributed by atoms with Crippen LogP contribution in [0.5, 0.6) is 11.6 Å². The predicted octanol–water partition coefficient (Wildman–Crippen LogP) is 4.16. The molecule has 1 aliphatic heterocycles. The molecule has 0 amide bonds. The molecule has 1 aliphatic rings. The van der Waals surface area contributed by atoms with E-state index >= 15 is 0 Å². The lowest BCUT2D eigenvalue weighted by molar-refractivity contribution is -0.145. The first-order chi connectivity index (χ1) is 16.4. The summed E-state index contributed by atoms with van der Waals surface area (Å²) in [7, 11) is 0. The van der Waals surface area contributed by atoms with Crippen molar-refractivity contribution >= 4 is 5.82 Å². The van der Waals surface area contributed by atoms with Crippen LogP contribution in [0.1, 0.15) is 17.0 Å². The van der Waals surface area contributed by atoms with Crippen molar-refractivity contribution < 1.29 is 22.6 Å². The van der Waals surface area contributed by atoms with E-state index in [0.717, 1.165) is 17.5 Å². The lowest BCUT2D eigenvalue weighted by Crippen LogP contribution is -2.37. The molecular weight excluding hydrogens is 447 g/mol. The number of ether oxygens (including phenoxy) is 2. The lowest BCUT2D eigenvalue weighted by Gasteiger charge is -2.28. The molecule has 2 aromatic carbocycles. The monoisotopic (exact) mass is 469 g/mol. The van der Waals surface area contributed by atoms with Gasteiger partial charge in [0.2, 0.25) is 11.7 Å². The van der Waals surface area contributed by atoms with Crippen LogP contribution in [0.25, 0.3) is 11.1 Å². The van der Waals surface area contributed by atoms with Gasteiger partial charge in [-0.15, -0.1) is 0 Å². The van der Waals surface area contributed by atoms with Gasteiger partial charge in [0.25, 0.3) is 0 Å². The highest BCUT2D eigenvalue weighted by atomic mass is 19.4. The van der Waals surface area contributed by atoms with E-state index in [0.29, 0.717) is 44.0 Å². The van der Waals surface area contributed by atoms with Crippen LogP contribution >= 0.6 is 0 Å². The Balaban J connectivity index is 1.74. The van der Waals surface area contributed by atoms with Crippen molar-refractivity contribution in [3.05, 3.63) is 65.5 Å². The summed E-state index contributed by atoms with van der Waals surface area (Å²) in [4.78, 5) is 9.00. The van der Waals surface area contributed by atoms with Crippen molar-refractivity contribution in [1.29, 1.82) is 5.26 Å². The largest absolute Gasteiger partial charge is 0.451 e. The smallest absolute Gasteiger partial charge is 0.438 e. The third-order valence-corrected chi connectivity index (χ3v) is 5.30. The van der Waals surface area contributed by atoms with Crippen LogP contribution in [0, 0.1) is 11.3 Å². The summed E-state index contributed by atoms with van der Waals surface area (Å²) in [5, 5.41) is 9.34. The fraction of sp³-hybridized carbons (Fsp3) is 0.292. The zero-order valence-electron chi connectivity index (χ0n) is 18.2. The number of nitriles is 1. The summed E-state index contributed by atoms with van der Waals surface area (Å²) >= 11 is 0. The molecule has 0 atom stereocenters. The van der Waals surface area contributed by atoms with E-state index in [4.69, 9.17) is 15.2 Å². The van der Waals surface area contributed by atoms with Gasteiger partial charge >= 0.3 is 6.18 Å². The Kier molecular flexibility index (Phi) is 6.95. The summed E-state index contributed by atoms with van der Waals surface area (Å²) < 4.78 is 51.8. The van der Waals surface area contributed by atoms with Gasteiger partial charge in [0, 0.05) is 24.7 Å². The topological polar surface area (TPSA) is 97.3 Å². The molecule has 7 nitrogen and oxygen atoms in total. The minimum absolute atomic E-state index is 0.102. The number of hydrogen-bond acceptors (Lipinski definition) is 7. The van der Waals surface area contributed by atoms with E-state index in [1.165, 1.54) is 12.1 Å². The second kappa shape index (κ2) is 10.1. The normalized spacial score (nSPS) is 14.0. The minimum Gasteiger partial charge on any atom is -0.438 e. The van der Waals surface area contributed by atoms with Gasteiger partial charge in [0.15, 0.2) is 0 Å². The molecule has 1 aromatic heterocycles. The van der Waals surface area contributed by atoms with Crippen LogP contribution in [0.3, 0.4) is 0 Å². The number of benzene rings is 2. The standard InChI is InChI=1S/C24H22F3N5O2/c25-24(26,27)23-30-21(32-9-11-33-12-10-32)14-22(31-23)34-20-13-17(15-29)3-6-19(20)18-4-1-16(2-5-18)7-8-28/h1-6,13-14H,7-12,28H2. The van der Waals surface area contributed by atoms with Gasteiger partial charge in [-0.2, -0.15) is 23.4 Å². The Morgan fingerprint density at radius 3 is 2.44 bits per heavy atom. The number of halogens is 3. The summed E-state index contributed by atoms with van der Waals surface area (Å²) in [5.74, 6) is -1.24. The Morgan fingerprint density at radius 1 is 1.06 bits per heavy atom. The highest BCUT2D eigenvalue weighted by Gasteiger charge is 2.36. The van der Waals surface area contributed by atoms with E-state index in [-0.39, 0.29) is 17.4 Å². The number of nitrogens with zero attached hydrogens (tertiary/aromatic N) is 4. The molecule has 0 spiro atoms. The van der Waals surface area contributed by atoms with Crippen molar-refractivity contribution in [1.82, 2.24) is 9.97 Å². The molecule has 0 radical (unpaired) electrons. The molecule has 1 fully saturated rings. The molecule has 0 bridgehead atoms. The van der Waals surface area contributed by atoms with Gasteiger partial charge in [-0.1, -0.05) is 24.3 Å². The highest BCUT2D eigenvalue weighted by Crippen LogP contribution is 2.36. The predicted molar refractivity (Wildman–Crippen MR) is 119 cm³/mol. The highest BCUT2D eigenvalue weighted by molar-refractivity contribution is 5.72. The first-order valence-corrected chi connectivity index (χ1v) is 10.7. The van der Waals surface area contributed by atoms with Crippen LogP contribution in [-0.2, 0) is 17.3 Å². The van der Waals surface area contributed by atoms with Gasteiger partial charge in [0.05, 0.1) is 24.8 Å². The first-order valence-electron chi connectivity index (χ1n) is 10.7. The minimum atomic E-state index is -4.75. The summed E-state index contributed by atoms with van der Waals surface area (Å²) in [5.41, 5.74) is 8.35. The van der Waals surface area contributed by atoms with Crippen LogP contribution in [-0.4, -0.2) is 42.8 Å². The third-order valence-electron chi connectivity index (χ3n) is 5.30. The number of morpholine rings is 1. The van der Waals surface area contributed by atoms with Crippen molar-refractivity contribution in [3.63, 3.8) is 0 Å². The van der Waals surface area contributed by atoms with Gasteiger partial charge in [-0.3, -0.25) is 0 Å². The van der Waals surface area contributed by atoms with Crippen molar-refractivity contribution in [2.75, 3.05) is 37.7 Å². The maximum Gasteiger partial charge on any atom is 0.451 e. The first kappa shape index (κ1) is 23.5. The molecule has 2 N–H and O–H groups in total. The molecule has 3 aromatic rings. The van der Waals surface area contributed by atoms with Crippen molar-refractivity contribution in [2.24, 2.45) is 5.73 Å². The van der Waals surface area contributed by atoms with Gasteiger partial charge < -0.3 is 20.1 Å². The average molecular weight is 469 g/mol. The van der Waals surface area contributed by atoms with E-state index in [2.05, 4.69) is 9.97 Å². The number of rotatable bonds is 6.